The van der Waals surface area contributed by atoms with E-state index in [1.54, 1.807) is 4.68 Å². The van der Waals surface area contributed by atoms with Gasteiger partial charge in [0.2, 0.25) is 0 Å². The third kappa shape index (κ3) is 2.18. The molecule has 0 saturated heterocycles. The van der Waals surface area contributed by atoms with E-state index in [-0.39, 0.29) is 0 Å². The molecule has 2 rings (SSSR count). The van der Waals surface area contributed by atoms with Gasteiger partial charge in [0.25, 0.3) is 0 Å². The lowest BCUT2D eigenvalue weighted by Crippen LogP contribution is -2.20. The summed E-state index contributed by atoms with van der Waals surface area (Å²) in [5.41, 5.74) is 8.65. The van der Waals surface area contributed by atoms with E-state index in [4.69, 9.17) is 10.3 Å². The van der Waals surface area contributed by atoms with Crippen LogP contribution in [0.1, 0.15) is 24.1 Å². The summed E-state index contributed by atoms with van der Waals surface area (Å²) in [4.78, 5) is 2.03. The van der Waals surface area contributed by atoms with Crippen molar-refractivity contribution in [2.45, 2.75) is 26.8 Å². The number of nitrogen functional groups attached to an aromatic ring is 1. The number of hydrogen-bond donors (Lipinski definition) is 1. The molecule has 0 bridgehead atoms. The number of nitrogens with two attached hydrogens (primary N) is 1. The van der Waals surface area contributed by atoms with E-state index < -0.39 is 0 Å². The topological polar surface area (TPSA) is 73.1 Å². The molecule has 6 nitrogen and oxygen atoms in total. The fourth-order valence-electron chi connectivity index (χ4n) is 2.11. The molecule has 2 aromatic rings. The minimum Gasteiger partial charge on any atom is -0.394 e. The number of rotatable bonds is 4. The van der Waals surface area contributed by atoms with Crippen LogP contribution in [0, 0.1) is 6.92 Å². The molecule has 0 unspecified atom stereocenters. The fourth-order valence-corrected chi connectivity index (χ4v) is 2.11. The Bertz CT molecular complexity index is 543. The van der Waals surface area contributed by atoms with Crippen LogP contribution in [0.15, 0.2) is 10.6 Å². The van der Waals surface area contributed by atoms with Crippen LogP contribution in [-0.4, -0.2) is 22.0 Å². The van der Waals surface area contributed by atoms with Crippen molar-refractivity contribution < 1.29 is 4.52 Å². The Balaban J connectivity index is 2.23. The smallest absolute Gasteiger partial charge is 0.150 e. The van der Waals surface area contributed by atoms with Crippen LogP contribution in [0.3, 0.4) is 0 Å². The molecular weight excluding hydrogens is 230 g/mol. The van der Waals surface area contributed by atoms with Crippen molar-refractivity contribution in [3.05, 3.63) is 23.2 Å². The number of aromatic nitrogens is 3. The van der Waals surface area contributed by atoms with Gasteiger partial charge in [-0.15, -0.1) is 0 Å². The molecule has 0 spiro atoms. The highest BCUT2D eigenvalue weighted by atomic mass is 16.5. The summed E-state index contributed by atoms with van der Waals surface area (Å²) in [6, 6.07) is 1.92. The summed E-state index contributed by atoms with van der Waals surface area (Å²) >= 11 is 0. The molecule has 0 radical (unpaired) electrons. The van der Waals surface area contributed by atoms with Crippen LogP contribution >= 0.6 is 0 Å². The molecule has 2 heterocycles. The Hall–Kier alpha value is -1.98. The lowest BCUT2D eigenvalue weighted by atomic mass is 10.3. The van der Waals surface area contributed by atoms with Crippen molar-refractivity contribution in [3.8, 4) is 0 Å². The molecule has 0 saturated carbocycles. The SMILES string of the molecule is CCc1nn(C)c(N(C)Cc2cc(C)on2)c1N. The summed E-state index contributed by atoms with van der Waals surface area (Å²) < 4.78 is 6.86. The second-order valence-corrected chi connectivity index (χ2v) is 4.45. The Morgan fingerprint density at radius 2 is 2.22 bits per heavy atom. The van der Waals surface area contributed by atoms with Gasteiger partial charge < -0.3 is 15.2 Å². The minimum atomic E-state index is 0.643. The fraction of sp³-hybridized carbons (Fsp3) is 0.500. The van der Waals surface area contributed by atoms with Crippen molar-refractivity contribution in [1.29, 1.82) is 0 Å². The summed E-state index contributed by atoms with van der Waals surface area (Å²) in [7, 11) is 3.87. The predicted molar refractivity (Wildman–Crippen MR) is 70.3 cm³/mol. The Morgan fingerprint density at radius 1 is 1.50 bits per heavy atom. The van der Waals surface area contributed by atoms with Crippen molar-refractivity contribution in [2.75, 3.05) is 17.7 Å². The molecule has 0 aliphatic heterocycles. The second kappa shape index (κ2) is 4.72. The zero-order valence-corrected chi connectivity index (χ0v) is 11.3. The third-order valence-electron chi connectivity index (χ3n) is 2.90. The monoisotopic (exact) mass is 249 g/mol. The predicted octanol–water partition coefficient (Wildman–Crippen LogP) is 1.50. The van der Waals surface area contributed by atoms with Gasteiger partial charge in [0.15, 0.2) is 5.82 Å². The van der Waals surface area contributed by atoms with Crippen molar-refractivity contribution >= 4 is 11.5 Å². The zero-order chi connectivity index (χ0) is 13.3. The van der Waals surface area contributed by atoms with E-state index in [2.05, 4.69) is 10.3 Å². The van der Waals surface area contributed by atoms with Crippen molar-refractivity contribution in [1.82, 2.24) is 14.9 Å². The maximum absolute atomic E-state index is 6.11. The highest BCUT2D eigenvalue weighted by Gasteiger charge is 2.16. The van der Waals surface area contributed by atoms with Crippen LogP contribution < -0.4 is 10.6 Å². The van der Waals surface area contributed by atoms with E-state index in [9.17, 15) is 0 Å². The highest BCUT2D eigenvalue weighted by molar-refractivity contribution is 5.66. The highest BCUT2D eigenvalue weighted by Crippen LogP contribution is 2.26. The van der Waals surface area contributed by atoms with Gasteiger partial charge in [-0.3, -0.25) is 4.68 Å². The first-order valence-electron chi connectivity index (χ1n) is 5.97. The number of anilines is 2. The Morgan fingerprint density at radius 3 is 2.72 bits per heavy atom. The Labute approximate surface area is 106 Å². The van der Waals surface area contributed by atoms with Gasteiger partial charge in [-0.1, -0.05) is 12.1 Å². The molecular formula is C12H19N5O. The lowest BCUT2D eigenvalue weighted by Gasteiger charge is -2.18. The first kappa shape index (κ1) is 12.5. The van der Waals surface area contributed by atoms with E-state index in [0.717, 1.165) is 35.1 Å². The van der Waals surface area contributed by atoms with Gasteiger partial charge in [-0.2, -0.15) is 5.10 Å². The van der Waals surface area contributed by atoms with E-state index in [1.807, 2.05) is 38.9 Å². The molecule has 6 heteroatoms. The normalized spacial score (nSPS) is 10.9. The molecule has 0 aromatic carbocycles. The third-order valence-corrected chi connectivity index (χ3v) is 2.90. The summed E-state index contributed by atoms with van der Waals surface area (Å²) in [5, 5.41) is 8.38. The van der Waals surface area contributed by atoms with E-state index >= 15 is 0 Å². The summed E-state index contributed by atoms with van der Waals surface area (Å²) in [6.45, 7) is 4.57. The van der Waals surface area contributed by atoms with Gasteiger partial charge in [0.05, 0.1) is 17.9 Å². The minimum absolute atomic E-state index is 0.643. The van der Waals surface area contributed by atoms with Gasteiger partial charge in [0, 0.05) is 20.2 Å². The molecule has 18 heavy (non-hydrogen) atoms. The van der Waals surface area contributed by atoms with Crippen LogP contribution in [0.4, 0.5) is 11.5 Å². The Kier molecular flexibility index (Phi) is 3.27. The van der Waals surface area contributed by atoms with Crippen LogP contribution in [0.2, 0.25) is 0 Å². The second-order valence-electron chi connectivity index (χ2n) is 4.45. The standard InChI is InChI=1S/C12H19N5O/c1-5-10-11(13)12(17(4)14-10)16(3)7-9-6-8(2)18-15-9/h6H,5,7,13H2,1-4H3. The molecule has 98 valence electrons. The molecule has 0 fully saturated rings. The summed E-state index contributed by atoms with van der Waals surface area (Å²) in [6.07, 6.45) is 0.830. The van der Waals surface area contributed by atoms with E-state index in [0.29, 0.717) is 6.54 Å². The average molecular weight is 249 g/mol. The summed E-state index contributed by atoms with van der Waals surface area (Å²) in [5.74, 6) is 1.72. The lowest BCUT2D eigenvalue weighted by molar-refractivity contribution is 0.390. The molecule has 2 aromatic heterocycles. The maximum Gasteiger partial charge on any atom is 0.150 e. The average Bonchev–Trinajstić information content (AvgIpc) is 2.83. The quantitative estimate of drug-likeness (QED) is 0.888. The zero-order valence-electron chi connectivity index (χ0n) is 11.3. The molecule has 2 N–H and O–H groups in total. The molecule has 0 aliphatic carbocycles. The van der Waals surface area contributed by atoms with Gasteiger partial charge in [0.1, 0.15) is 11.5 Å². The number of hydrogen-bond acceptors (Lipinski definition) is 5. The van der Waals surface area contributed by atoms with Gasteiger partial charge in [-0.05, 0) is 13.3 Å². The molecule has 0 aliphatic rings. The van der Waals surface area contributed by atoms with Crippen LogP contribution in [0.5, 0.6) is 0 Å². The van der Waals surface area contributed by atoms with Crippen LogP contribution in [0.25, 0.3) is 0 Å². The maximum atomic E-state index is 6.11. The first-order valence-corrected chi connectivity index (χ1v) is 5.97. The largest absolute Gasteiger partial charge is 0.394 e. The van der Waals surface area contributed by atoms with E-state index in [1.165, 1.54) is 0 Å². The first-order chi connectivity index (χ1) is 8.52. The van der Waals surface area contributed by atoms with Crippen LogP contribution in [-0.2, 0) is 20.0 Å². The van der Waals surface area contributed by atoms with Crippen molar-refractivity contribution in [2.24, 2.45) is 7.05 Å². The van der Waals surface area contributed by atoms with Gasteiger partial charge in [-0.25, -0.2) is 0 Å². The number of aryl methyl sites for hydroxylation is 3. The molecule has 0 atom stereocenters. The molecule has 0 amide bonds. The van der Waals surface area contributed by atoms with Crippen molar-refractivity contribution in [3.63, 3.8) is 0 Å². The van der Waals surface area contributed by atoms with Gasteiger partial charge >= 0.3 is 0 Å². The number of nitrogens with zero attached hydrogens (tertiary/aromatic N) is 4.